The molecule has 3 rings (SSSR count). The molecule has 5 atom stereocenters. The summed E-state index contributed by atoms with van der Waals surface area (Å²) in [7, 11) is 0. The Morgan fingerprint density at radius 1 is 0.884 bits per heavy atom. The van der Waals surface area contributed by atoms with Crippen LogP contribution < -0.4 is 5.32 Å². The number of amides is 1. The van der Waals surface area contributed by atoms with Crippen molar-refractivity contribution in [3.63, 3.8) is 0 Å². The number of ether oxygens (including phenoxy) is 6. The van der Waals surface area contributed by atoms with Crippen LogP contribution in [0.5, 0.6) is 0 Å². The molecule has 1 aliphatic rings. The molecule has 43 heavy (non-hydrogen) atoms. The number of benzene rings is 2. The Morgan fingerprint density at radius 2 is 1.49 bits per heavy atom. The normalized spacial score (nSPS) is 22.4. The van der Waals surface area contributed by atoms with Gasteiger partial charge in [-0.1, -0.05) is 130 Å². The minimum atomic E-state index is -1.92. The molecule has 0 aromatic heterocycles. The smallest absolute Gasteiger partial charge is 0.445 e. The lowest BCUT2D eigenvalue weighted by Gasteiger charge is -2.43. The number of nitrogens with one attached hydrogen (secondary N) is 1. The molecule has 0 aliphatic carbocycles. The van der Waals surface area contributed by atoms with Crippen LogP contribution in [0.4, 0.5) is 9.59 Å². The molecule has 0 bridgehead atoms. The molecule has 1 saturated heterocycles. The van der Waals surface area contributed by atoms with Crippen LogP contribution in [-0.2, 0) is 35.0 Å². The van der Waals surface area contributed by atoms with Gasteiger partial charge < -0.3 is 38.8 Å². The molecule has 2 aromatic rings. The number of alkyl carbamates (subject to hydrolysis) is 1. The molecule has 1 aliphatic heterocycles. The van der Waals surface area contributed by atoms with Gasteiger partial charge >= 0.3 is 12.2 Å². The fraction of sp³-hybridized carbons (Fsp3) is 0.462. The van der Waals surface area contributed by atoms with Gasteiger partial charge in [0.2, 0.25) is 7.59 Å². The number of hydrogen-bond donors (Lipinski definition) is 2. The topological polar surface area (TPSA) is 122 Å². The number of halogens is 6. The zero-order valence-electron chi connectivity index (χ0n) is 22.1. The van der Waals surface area contributed by atoms with Crippen LogP contribution in [0.25, 0.3) is 0 Å². The van der Waals surface area contributed by atoms with Gasteiger partial charge in [0, 0.05) is 4.90 Å². The van der Waals surface area contributed by atoms with Crippen LogP contribution in [0, 0.1) is 0 Å². The SMILES string of the molecule is O=C(N[C@@H]1[C@@H](OC(=O)OCC(Cl)(Cl)Cl)[C@H](O)[C@@H](COCOCc2ccccc2)O[C@H]1Sc1ccccc1)OCC(Cl)(Cl)Cl. The summed E-state index contributed by atoms with van der Waals surface area (Å²) in [5.41, 5.74) is -0.0207. The molecule has 2 N–H and O–H groups in total. The third kappa shape index (κ3) is 13.8. The predicted molar refractivity (Wildman–Crippen MR) is 164 cm³/mol. The number of thioether (sulfide) groups is 1. The molecule has 0 spiro atoms. The van der Waals surface area contributed by atoms with Crippen LogP contribution in [0.3, 0.4) is 0 Å². The van der Waals surface area contributed by atoms with E-state index in [0.29, 0.717) is 6.61 Å². The van der Waals surface area contributed by atoms with E-state index in [4.69, 9.17) is 98.0 Å². The molecule has 238 valence electrons. The van der Waals surface area contributed by atoms with E-state index in [-0.39, 0.29) is 13.4 Å². The third-order valence-electron chi connectivity index (χ3n) is 5.47. The molecule has 1 heterocycles. The second kappa shape index (κ2) is 17.6. The summed E-state index contributed by atoms with van der Waals surface area (Å²) in [6.45, 7) is -1.24. The number of rotatable bonds is 12. The standard InChI is InChI=1S/C26H27Cl6NO9S/c27-25(28,29)13-39-23(35)33-19-21(42-24(36)40-14-26(30,31)32)20(34)18(41-22(19)43-17-9-5-2-6-10-17)12-38-15-37-11-16-7-3-1-4-8-16/h1-10,18-22,34H,11-15H2,(H,33,35)/t18-,19-,20-,21-,22+/m1/s1. The molecular formula is C26H27Cl6NO9S. The second-order valence-electron chi connectivity index (χ2n) is 8.88. The van der Waals surface area contributed by atoms with Crippen molar-refractivity contribution >= 4 is 93.6 Å². The third-order valence-corrected chi connectivity index (χ3v) is 7.30. The van der Waals surface area contributed by atoms with E-state index < -0.39 is 62.8 Å². The first-order valence-corrected chi connectivity index (χ1v) is 15.6. The first-order chi connectivity index (χ1) is 20.3. The van der Waals surface area contributed by atoms with Crippen molar-refractivity contribution in [3.8, 4) is 0 Å². The number of carbonyl (C=O) groups is 2. The van der Waals surface area contributed by atoms with Crippen molar-refractivity contribution in [1.29, 1.82) is 0 Å². The summed E-state index contributed by atoms with van der Waals surface area (Å²) < 4.78 is 28.8. The minimum Gasteiger partial charge on any atom is -0.445 e. The maximum absolute atomic E-state index is 12.7. The quantitative estimate of drug-likeness (QED) is 0.109. The van der Waals surface area contributed by atoms with Gasteiger partial charge in [-0.05, 0) is 17.7 Å². The van der Waals surface area contributed by atoms with Gasteiger partial charge in [-0.2, -0.15) is 0 Å². The van der Waals surface area contributed by atoms with Crippen LogP contribution in [0.2, 0.25) is 0 Å². The first kappa shape index (κ1) is 36.4. The van der Waals surface area contributed by atoms with Gasteiger partial charge in [-0.25, -0.2) is 9.59 Å². The van der Waals surface area contributed by atoms with Crippen molar-refractivity contribution in [1.82, 2.24) is 5.32 Å². The lowest BCUT2D eigenvalue weighted by Crippen LogP contribution is -2.64. The monoisotopic (exact) mass is 739 g/mol. The molecule has 2 aromatic carbocycles. The summed E-state index contributed by atoms with van der Waals surface area (Å²) in [6, 6.07) is 17.2. The highest BCUT2D eigenvalue weighted by molar-refractivity contribution is 7.99. The predicted octanol–water partition coefficient (Wildman–Crippen LogP) is 6.41. The molecule has 0 radical (unpaired) electrons. The summed E-state index contributed by atoms with van der Waals surface area (Å²) in [4.78, 5) is 26.0. The molecule has 10 nitrogen and oxygen atoms in total. The van der Waals surface area contributed by atoms with Crippen molar-refractivity contribution in [2.45, 2.75) is 48.9 Å². The number of carbonyl (C=O) groups excluding carboxylic acids is 2. The van der Waals surface area contributed by atoms with Crippen LogP contribution >= 0.6 is 81.4 Å². The molecular weight excluding hydrogens is 715 g/mol. The fourth-order valence-electron chi connectivity index (χ4n) is 3.65. The second-order valence-corrected chi connectivity index (χ2v) is 15.1. The summed E-state index contributed by atoms with van der Waals surface area (Å²) in [6.07, 6.45) is -6.38. The highest BCUT2D eigenvalue weighted by Gasteiger charge is 2.49. The van der Waals surface area contributed by atoms with E-state index in [0.717, 1.165) is 10.5 Å². The molecule has 1 amide bonds. The highest BCUT2D eigenvalue weighted by Crippen LogP contribution is 2.35. The van der Waals surface area contributed by atoms with E-state index in [2.05, 4.69) is 5.32 Å². The van der Waals surface area contributed by atoms with Gasteiger partial charge in [0.15, 0.2) is 6.10 Å². The van der Waals surface area contributed by atoms with E-state index in [9.17, 15) is 14.7 Å². The average molecular weight is 742 g/mol. The molecule has 0 saturated carbocycles. The Hall–Kier alpha value is -1.09. The lowest BCUT2D eigenvalue weighted by atomic mass is 9.98. The van der Waals surface area contributed by atoms with E-state index >= 15 is 0 Å². The Bertz CT molecular complexity index is 1140. The summed E-state index contributed by atoms with van der Waals surface area (Å²) in [5, 5.41) is 13.8. The van der Waals surface area contributed by atoms with E-state index in [1.165, 1.54) is 11.8 Å². The zero-order chi connectivity index (χ0) is 31.5. The average Bonchev–Trinajstić information content (AvgIpc) is 2.95. The van der Waals surface area contributed by atoms with Gasteiger partial charge in [0.1, 0.15) is 43.7 Å². The number of aliphatic hydroxyl groups is 1. The fourth-order valence-corrected chi connectivity index (χ4v) is 5.13. The number of alkyl halides is 6. The summed E-state index contributed by atoms with van der Waals surface area (Å²) >= 11 is 35.2. The minimum absolute atomic E-state index is 0.125. The first-order valence-electron chi connectivity index (χ1n) is 12.5. The van der Waals surface area contributed by atoms with Crippen LogP contribution in [0.1, 0.15) is 5.56 Å². The van der Waals surface area contributed by atoms with E-state index in [1.807, 2.05) is 36.4 Å². The van der Waals surface area contributed by atoms with Crippen molar-refractivity contribution < 1.29 is 43.1 Å². The van der Waals surface area contributed by atoms with Crippen molar-refractivity contribution in [3.05, 3.63) is 66.2 Å². The largest absolute Gasteiger partial charge is 0.508 e. The Morgan fingerprint density at radius 3 is 2.12 bits per heavy atom. The number of aliphatic hydroxyl groups excluding tert-OH is 1. The summed E-state index contributed by atoms with van der Waals surface area (Å²) in [5.74, 6) is 0. The van der Waals surface area contributed by atoms with Crippen molar-refractivity contribution in [2.75, 3.05) is 26.6 Å². The number of hydrogen-bond acceptors (Lipinski definition) is 10. The highest BCUT2D eigenvalue weighted by atomic mass is 35.6. The molecule has 17 heteroatoms. The van der Waals surface area contributed by atoms with E-state index in [1.54, 1.807) is 24.3 Å². The van der Waals surface area contributed by atoms with Crippen molar-refractivity contribution in [2.24, 2.45) is 0 Å². The Labute approximate surface area is 282 Å². The maximum Gasteiger partial charge on any atom is 0.508 e. The van der Waals surface area contributed by atoms with Crippen LogP contribution in [-0.4, -0.2) is 81.3 Å². The Balaban J connectivity index is 1.77. The zero-order valence-corrected chi connectivity index (χ0v) is 27.4. The maximum atomic E-state index is 12.7. The van der Waals surface area contributed by atoms with Crippen LogP contribution in [0.15, 0.2) is 65.6 Å². The molecule has 0 unspecified atom stereocenters. The Kier molecular flexibility index (Phi) is 14.9. The molecule has 1 fully saturated rings. The van der Waals surface area contributed by atoms with Gasteiger partial charge in [0.05, 0.1) is 13.2 Å². The van der Waals surface area contributed by atoms with Gasteiger partial charge in [-0.3, -0.25) is 0 Å². The van der Waals surface area contributed by atoms with Gasteiger partial charge in [0.25, 0.3) is 0 Å². The van der Waals surface area contributed by atoms with Gasteiger partial charge in [-0.15, -0.1) is 0 Å². The lowest BCUT2D eigenvalue weighted by molar-refractivity contribution is -0.192.